The van der Waals surface area contributed by atoms with E-state index in [1.165, 1.54) is 25.6 Å². The predicted octanol–water partition coefficient (Wildman–Crippen LogP) is 2.82. The Balaban J connectivity index is 2.16. The van der Waals surface area contributed by atoms with Crippen molar-refractivity contribution in [2.24, 2.45) is 0 Å². The number of carbonyl (C=O) groups is 1. The molecule has 0 aliphatic rings. The van der Waals surface area contributed by atoms with E-state index in [-0.39, 0.29) is 18.2 Å². The van der Waals surface area contributed by atoms with Crippen molar-refractivity contribution in [1.82, 2.24) is 5.32 Å². The molecule has 164 valence electrons. The highest BCUT2D eigenvalue weighted by molar-refractivity contribution is 7.92. The standard InChI is InChI=1S/C21H28N2O6S/c1-6-23(30(25,26)7-2)17-11-8-15(9-12-17)21(24)22-14-16-10-13-18(27-3)20(29-5)19(16)28-4/h8-13H,6-7,14H2,1-5H3,(H,22,24). The minimum absolute atomic E-state index is 0.0102. The van der Waals surface area contributed by atoms with Crippen LogP contribution in [-0.4, -0.2) is 48.0 Å². The van der Waals surface area contributed by atoms with Gasteiger partial charge in [-0.3, -0.25) is 9.10 Å². The lowest BCUT2D eigenvalue weighted by Crippen LogP contribution is -2.32. The van der Waals surface area contributed by atoms with Gasteiger partial charge in [-0.1, -0.05) is 0 Å². The minimum Gasteiger partial charge on any atom is -0.493 e. The number of sulfonamides is 1. The molecule has 2 rings (SSSR count). The Morgan fingerprint density at radius 2 is 1.57 bits per heavy atom. The summed E-state index contributed by atoms with van der Waals surface area (Å²) in [4.78, 5) is 12.6. The Bertz CT molecular complexity index is 974. The van der Waals surface area contributed by atoms with E-state index >= 15 is 0 Å². The molecule has 1 amide bonds. The number of nitrogens with zero attached hydrogens (tertiary/aromatic N) is 1. The van der Waals surface area contributed by atoms with E-state index < -0.39 is 10.0 Å². The van der Waals surface area contributed by atoms with Crippen molar-refractivity contribution >= 4 is 21.6 Å². The minimum atomic E-state index is -3.37. The van der Waals surface area contributed by atoms with Gasteiger partial charge in [0.25, 0.3) is 5.91 Å². The number of hydrogen-bond acceptors (Lipinski definition) is 6. The van der Waals surface area contributed by atoms with Crippen molar-refractivity contribution < 1.29 is 27.4 Å². The molecule has 0 heterocycles. The molecule has 0 spiro atoms. The highest BCUT2D eigenvalue weighted by atomic mass is 32.2. The van der Waals surface area contributed by atoms with E-state index in [1.807, 2.05) is 0 Å². The first-order valence-corrected chi connectivity index (χ1v) is 11.1. The number of carbonyl (C=O) groups excluding carboxylic acids is 1. The Labute approximate surface area is 177 Å². The molecule has 9 heteroatoms. The topological polar surface area (TPSA) is 94.2 Å². The van der Waals surface area contributed by atoms with E-state index in [1.54, 1.807) is 50.2 Å². The second-order valence-electron chi connectivity index (χ2n) is 6.29. The monoisotopic (exact) mass is 436 g/mol. The molecule has 0 saturated carbocycles. The number of hydrogen-bond donors (Lipinski definition) is 1. The van der Waals surface area contributed by atoms with Crippen LogP contribution in [0, 0.1) is 0 Å². The van der Waals surface area contributed by atoms with Crippen molar-refractivity contribution in [2.75, 3.05) is 37.9 Å². The van der Waals surface area contributed by atoms with Crippen molar-refractivity contribution in [3.8, 4) is 17.2 Å². The van der Waals surface area contributed by atoms with Crippen LogP contribution in [0.5, 0.6) is 17.2 Å². The molecule has 30 heavy (non-hydrogen) atoms. The molecule has 8 nitrogen and oxygen atoms in total. The van der Waals surface area contributed by atoms with Gasteiger partial charge in [0.05, 0.1) is 32.8 Å². The first-order valence-electron chi connectivity index (χ1n) is 9.49. The van der Waals surface area contributed by atoms with Gasteiger partial charge in [-0.2, -0.15) is 0 Å². The van der Waals surface area contributed by atoms with Crippen LogP contribution in [0.4, 0.5) is 5.69 Å². The summed E-state index contributed by atoms with van der Waals surface area (Å²) in [6.45, 7) is 3.91. The van der Waals surface area contributed by atoms with Crippen molar-refractivity contribution in [1.29, 1.82) is 0 Å². The lowest BCUT2D eigenvalue weighted by Gasteiger charge is -2.22. The Morgan fingerprint density at radius 3 is 2.07 bits per heavy atom. The van der Waals surface area contributed by atoms with Gasteiger partial charge in [-0.15, -0.1) is 0 Å². The highest BCUT2D eigenvalue weighted by Crippen LogP contribution is 2.39. The first kappa shape index (κ1) is 23.3. The fourth-order valence-corrected chi connectivity index (χ4v) is 4.20. The fourth-order valence-electron chi connectivity index (χ4n) is 3.05. The molecule has 0 aromatic heterocycles. The molecular formula is C21H28N2O6S. The summed E-state index contributed by atoms with van der Waals surface area (Å²) in [7, 11) is 1.20. The van der Waals surface area contributed by atoms with Crippen LogP contribution in [-0.2, 0) is 16.6 Å². The lowest BCUT2D eigenvalue weighted by atomic mass is 10.1. The van der Waals surface area contributed by atoms with Crippen molar-refractivity contribution in [3.63, 3.8) is 0 Å². The number of benzene rings is 2. The molecule has 0 atom stereocenters. The summed E-state index contributed by atoms with van der Waals surface area (Å²) in [5.41, 5.74) is 1.67. The molecule has 0 fully saturated rings. The Kier molecular flexibility index (Phi) is 7.93. The van der Waals surface area contributed by atoms with Gasteiger partial charge < -0.3 is 19.5 Å². The van der Waals surface area contributed by atoms with Gasteiger partial charge in [0, 0.05) is 24.2 Å². The zero-order valence-corrected chi connectivity index (χ0v) is 18.7. The molecule has 0 saturated heterocycles. The van der Waals surface area contributed by atoms with Crippen LogP contribution in [0.2, 0.25) is 0 Å². The normalized spacial score (nSPS) is 11.0. The van der Waals surface area contributed by atoms with Gasteiger partial charge >= 0.3 is 0 Å². The molecule has 0 unspecified atom stereocenters. The Hall–Kier alpha value is -2.94. The first-order chi connectivity index (χ1) is 14.3. The third kappa shape index (κ3) is 4.96. The zero-order chi connectivity index (χ0) is 22.3. The summed E-state index contributed by atoms with van der Waals surface area (Å²) >= 11 is 0. The molecule has 0 radical (unpaired) electrons. The maximum atomic E-state index is 12.6. The molecule has 2 aromatic rings. The van der Waals surface area contributed by atoms with Gasteiger partial charge in [-0.25, -0.2) is 8.42 Å². The van der Waals surface area contributed by atoms with Crippen LogP contribution in [0.3, 0.4) is 0 Å². The van der Waals surface area contributed by atoms with Gasteiger partial charge in [0.15, 0.2) is 11.5 Å². The largest absolute Gasteiger partial charge is 0.493 e. The molecule has 0 bridgehead atoms. The fraction of sp³-hybridized carbons (Fsp3) is 0.381. The van der Waals surface area contributed by atoms with Crippen molar-refractivity contribution in [2.45, 2.75) is 20.4 Å². The summed E-state index contributed by atoms with van der Waals surface area (Å²) < 4.78 is 41.7. The molecule has 2 aromatic carbocycles. The number of methoxy groups -OCH3 is 3. The maximum Gasteiger partial charge on any atom is 0.251 e. The third-order valence-electron chi connectivity index (χ3n) is 4.63. The van der Waals surface area contributed by atoms with E-state index in [9.17, 15) is 13.2 Å². The molecule has 0 aliphatic carbocycles. The lowest BCUT2D eigenvalue weighted by molar-refractivity contribution is 0.0950. The highest BCUT2D eigenvalue weighted by Gasteiger charge is 2.19. The summed E-state index contributed by atoms with van der Waals surface area (Å²) in [5.74, 6) is 1.18. The van der Waals surface area contributed by atoms with Crippen LogP contribution in [0.25, 0.3) is 0 Å². The summed E-state index contributed by atoms with van der Waals surface area (Å²) in [6, 6.07) is 9.99. The quantitative estimate of drug-likeness (QED) is 0.616. The smallest absolute Gasteiger partial charge is 0.251 e. The van der Waals surface area contributed by atoms with Gasteiger partial charge in [-0.05, 0) is 50.2 Å². The molecular weight excluding hydrogens is 408 g/mol. The second-order valence-corrected chi connectivity index (χ2v) is 8.47. The van der Waals surface area contributed by atoms with E-state index in [0.29, 0.717) is 35.0 Å². The second kappa shape index (κ2) is 10.2. The van der Waals surface area contributed by atoms with E-state index in [0.717, 1.165) is 5.56 Å². The van der Waals surface area contributed by atoms with Gasteiger partial charge in [0.1, 0.15) is 0 Å². The van der Waals surface area contributed by atoms with Gasteiger partial charge in [0.2, 0.25) is 15.8 Å². The third-order valence-corrected chi connectivity index (χ3v) is 6.50. The Morgan fingerprint density at radius 1 is 0.933 bits per heavy atom. The van der Waals surface area contributed by atoms with Crippen LogP contribution >= 0.6 is 0 Å². The number of rotatable bonds is 10. The number of ether oxygens (including phenoxy) is 3. The van der Waals surface area contributed by atoms with Crippen LogP contribution in [0.1, 0.15) is 29.8 Å². The zero-order valence-electron chi connectivity index (χ0n) is 17.9. The maximum absolute atomic E-state index is 12.6. The van der Waals surface area contributed by atoms with Crippen LogP contribution < -0.4 is 23.8 Å². The van der Waals surface area contributed by atoms with E-state index in [2.05, 4.69) is 5.32 Å². The van der Waals surface area contributed by atoms with E-state index in [4.69, 9.17) is 14.2 Å². The molecule has 1 N–H and O–H groups in total. The predicted molar refractivity (Wildman–Crippen MR) is 116 cm³/mol. The van der Waals surface area contributed by atoms with Crippen molar-refractivity contribution in [3.05, 3.63) is 47.5 Å². The summed E-state index contributed by atoms with van der Waals surface area (Å²) in [5, 5.41) is 2.84. The number of anilines is 1. The average Bonchev–Trinajstić information content (AvgIpc) is 2.77. The summed E-state index contributed by atoms with van der Waals surface area (Å²) in [6.07, 6.45) is 0. The number of nitrogens with one attached hydrogen (secondary N) is 1. The number of amides is 1. The van der Waals surface area contributed by atoms with Crippen LogP contribution in [0.15, 0.2) is 36.4 Å². The SMILES string of the molecule is CCN(c1ccc(C(=O)NCc2ccc(OC)c(OC)c2OC)cc1)S(=O)(=O)CC. The average molecular weight is 437 g/mol. The molecule has 0 aliphatic heterocycles.